The summed E-state index contributed by atoms with van der Waals surface area (Å²) in [6.45, 7) is 7.59. The van der Waals surface area contributed by atoms with Gasteiger partial charge in [-0.25, -0.2) is 8.42 Å². The number of amides is 2. The minimum atomic E-state index is -4.16. The molecule has 1 heterocycles. The van der Waals surface area contributed by atoms with E-state index in [1.807, 2.05) is 45.0 Å². The molecular formula is C30H35N3O6S. The molecule has 0 radical (unpaired) electrons. The normalized spacial score (nSPS) is 13.4. The van der Waals surface area contributed by atoms with Crippen molar-refractivity contribution in [2.45, 2.75) is 51.2 Å². The van der Waals surface area contributed by atoms with Crippen LogP contribution in [0.4, 0.5) is 5.69 Å². The van der Waals surface area contributed by atoms with Crippen LogP contribution < -0.4 is 19.1 Å². The van der Waals surface area contributed by atoms with Crippen LogP contribution in [0.3, 0.4) is 0 Å². The van der Waals surface area contributed by atoms with Crippen LogP contribution in [-0.4, -0.2) is 57.0 Å². The molecule has 0 saturated carbocycles. The number of aryl methyl sites for hydroxylation is 1. The van der Waals surface area contributed by atoms with Gasteiger partial charge in [0.1, 0.15) is 25.8 Å². The van der Waals surface area contributed by atoms with Gasteiger partial charge >= 0.3 is 0 Å². The topological polar surface area (TPSA) is 105 Å². The van der Waals surface area contributed by atoms with Gasteiger partial charge in [-0.3, -0.25) is 13.9 Å². The minimum absolute atomic E-state index is 0.0357. The van der Waals surface area contributed by atoms with Crippen LogP contribution >= 0.6 is 0 Å². The van der Waals surface area contributed by atoms with E-state index in [0.29, 0.717) is 24.7 Å². The zero-order chi connectivity index (χ0) is 28.9. The fourth-order valence-electron chi connectivity index (χ4n) is 4.43. The maximum Gasteiger partial charge on any atom is 0.264 e. The number of fused-ring (bicyclic) bond motifs is 1. The molecule has 1 N–H and O–H groups in total. The van der Waals surface area contributed by atoms with Crippen molar-refractivity contribution in [2.75, 3.05) is 24.1 Å². The summed E-state index contributed by atoms with van der Waals surface area (Å²) in [4.78, 5) is 28.5. The summed E-state index contributed by atoms with van der Waals surface area (Å²) in [6, 6.07) is 19.4. The highest BCUT2D eigenvalue weighted by atomic mass is 32.2. The summed E-state index contributed by atoms with van der Waals surface area (Å²) in [5, 5.41) is 2.86. The first kappa shape index (κ1) is 28.9. The average Bonchev–Trinajstić information content (AvgIpc) is 2.94. The number of carbonyl (C=O) groups is 2. The first-order chi connectivity index (χ1) is 19.1. The summed E-state index contributed by atoms with van der Waals surface area (Å²) in [5.41, 5.74) is 2.08. The SMILES string of the molecule is Cc1cccc(CN(C(=O)CN(c2ccc3c(c2)OCCO3)S(=O)(=O)c2ccccc2)[C@@H](C)C(=O)NC(C)C)c1. The third-order valence-electron chi connectivity index (χ3n) is 6.46. The number of rotatable bonds is 10. The molecule has 4 rings (SSSR count). The molecule has 0 aliphatic carbocycles. The second-order valence-corrected chi connectivity index (χ2v) is 11.9. The smallest absolute Gasteiger partial charge is 0.264 e. The Morgan fingerprint density at radius 1 is 0.900 bits per heavy atom. The van der Waals surface area contributed by atoms with Crippen LogP contribution in [0.15, 0.2) is 77.7 Å². The van der Waals surface area contributed by atoms with Crippen molar-refractivity contribution < 1.29 is 27.5 Å². The molecule has 0 unspecified atom stereocenters. The Kier molecular flexibility index (Phi) is 8.99. The molecule has 0 saturated heterocycles. The summed E-state index contributed by atoms with van der Waals surface area (Å²) < 4.78 is 40.2. The summed E-state index contributed by atoms with van der Waals surface area (Å²) >= 11 is 0. The Morgan fingerprint density at radius 3 is 2.27 bits per heavy atom. The molecule has 1 aliphatic rings. The summed E-state index contributed by atoms with van der Waals surface area (Å²) in [5.74, 6) is 0.0410. The van der Waals surface area contributed by atoms with Crippen molar-refractivity contribution in [3.05, 3.63) is 83.9 Å². The van der Waals surface area contributed by atoms with Gasteiger partial charge in [-0.15, -0.1) is 0 Å². The molecule has 3 aromatic carbocycles. The van der Waals surface area contributed by atoms with Crippen molar-refractivity contribution in [3.63, 3.8) is 0 Å². The number of benzene rings is 3. The lowest BCUT2D eigenvalue weighted by molar-refractivity contribution is -0.139. The van der Waals surface area contributed by atoms with E-state index in [-0.39, 0.29) is 29.1 Å². The lowest BCUT2D eigenvalue weighted by Crippen LogP contribution is -2.52. The van der Waals surface area contributed by atoms with Gasteiger partial charge in [-0.05, 0) is 57.5 Å². The van der Waals surface area contributed by atoms with Gasteiger partial charge in [0.05, 0.1) is 10.6 Å². The molecule has 212 valence electrons. The van der Waals surface area contributed by atoms with E-state index in [4.69, 9.17) is 9.47 Å². The standard InChI is InChI=1S/C30H35N3O6S/c1-21(2)31-30(35)23(4)32(19-24-10-8-9-22(3)17-24)29(34)20-33(40(36,37)26-11-6-5-7-12-26)25-13-14-27-28(18-25)39-16-15-38-27/h5-14,17-18,21,23H,15-16,19-20H2,1-4H3,(H,31,35)/t23-/m0/s1. The van der Waals surface area contributed by atoms with Gasteiger partial charge in [-0.2, -0.15) is 0 Å². The number of anilines is 1. The number of hydrogen-bond acceptors (Lipinski definition) is 6. The second-order valence-electron chi connectivity index (χ2n) is 10.0. The lowest BCUT2D eigenvalue weighted by Gasteiger charge is -2.32. The molecule has 1 aliphatic heterocycles. The average molecular weight is 566 g/mol. The van der Waals surface area contributed by atoms with Gasteiger partial charge in [0.25, 0.3) is 10.0 Å². The fourth-order valence-corrected chi connectivity index (χ4v) is 5.86. The first-order valence-electron chi connectivity index (χ1n) is 13.2. The molecule has 1 atom stereocenters. The maximum atomic E-state index is 14.0. The maximum absolute atomic E-state index is 14.0. The Labute approximate surface area is 235 Å². The van der Waals surface area contributed by atoms with Crippen molar-refractivity contribution in [1.82, 2.24) is 10.2 Å². The molecule has 40 heavy (non-hydrogen) atoms. The predicted octanol–water partition coefficient (Wildman–Crippen LogP) is 3.90. The number of nitrogens with one attached hydrogen (secondary N) is 1. The van der Waals surface area contributed by atoms with Gasteiger partial charge in [0, 0.05) is 18.7 Å². The number of sulfonamides is 1. The molecule has 3 aromatic rings. The number of ether oxygens (including phenoxy) is 2. The predicted molar refractivity (Wildman–Crippen MR) is 153 cm³/mol. The third kappa shape index (κ3) is 6.74. The second kappa shape index (κ2) is 12.4. The van der Waals surface area contributed by atoms with Crippen LogP contribution in [0.2, 0.25) is 0 Å². The molecule has 2 amide bonds. The fraction of sp³-hybridized carbons (Fsp3) is 0.333. The third-order valence-corrected chi connectivity index (χ3v) is 8.25. The van der Waals surface area contributed by atoms with Crippen LogP contribution in [0, 0.1) is 6.92 Å². The summed E-state index contributed by atoms with van der Waals surface area (Å²) in [6.07, 6.45) is 0. The minimum Gasteiger partial charge on any atom is -0.486 e. The molecule has 0 spiro atoms. The van der Waals surface area contributed by atoms with Crippen molar-refractivity contribution in [3.8, 4) is 11.5 Å². The van der Waals surface area contributed by atoms with Crippen molar-refractivity contribution in [1.29, 1.82) is 0 Å². The van der Waals surface area contributed by atoms with E-state index in [1.165, 1.54) is 17.0 Å². The van der Waals surface area contributed by atoms with Crippen molar-refractivity contribution in [2.24, 2.45) is 0 Å². The van der Waals surface area contributed by atoms with E-state index in [9.17, 15) is 18.0 Å². The van der Waals surface area contributed by atoms with E-state index in [1.54, 1.807) is 43.3 Å². The highest BCUT2D eigenvalue weighted by Gasteiger charge is 2.33. The van der Waals surface area contributed by atoms with Gasteiger partial charge in [0.2, 0.25) is 11.8 Å². The Hall–Kier alpha value is -4.05. The van der Waals surface area contributed by atoms with Gasteiger partial charge in [-0.1, -0.05) is 48.0 Å². The molecule has 9 nitrogen and oxygen atoms in total. The highest BCUT2D eigenvalue weighted by Crippen LogP contribution is 2.36. The first-order valence-corrected chi connectivity index (χ1v) is 14.6. The number of carbonyl (C=O) groups excluding carboxylic acids is 2. The molecule has 0 aromatic heterocycles. The van der Waals surface area contributed by atoms with Crippen LogP contribution in [0.1, 0.15) is 31.9 Å². The van der Waals surface area contributed by atoms with Gasteiger partial charge < -0.3 is 19.7 Å². The molecule has 10 heteroatoms. The number of nitrogens with zero attached hydrogens (tertiary/aromatic N) is 2. The lowest BCUT2D eigenvalue weighted by atomic mass is 10.1. The van der Waals surface area contributed by atoms with E-state index >= 15 is 0 Å². The number of hydrogen-bond donors (Lipinski definition) is 1. The monoisotopic (exact) mass is 565 g/mol. The van der Waals surface area contributed by atoms with E-state index < -0.39 is 28.5 Å². The molecule has 0 fully saturated rings. The molecular weight excluding hydrogens is 530 g/mol. The van der Waals surface area contributed by atoms with Crippen LogP contribution in [-0.2, 0) is 26.2 Å². The zero-order valence-corrected chi connectivity index (χ0v) is 24.0. The van der Waals surface area contributed by atoms with Crippen LogP contribution in [0.5, 0.6) is 11.5 Å². The highest BCUT2D eigenvalue weighted by molar-refractivity contribution is 7.92. The van der Waals surface area contributed by atoms with Crippen molar-refractivity contribution >= 4 is 27.5 Å². The van der Waals surface area contributed by atoms with Crippen LogP contribution in [0.25, 0.3) is 0 Å². The van der Waals surface area contributed by atoms with E-state index in [0.717, 1.165) is 15.4 Å². The quantitative estimate of drug-likeness (QED) is 0.400. The Bertz CT molecular complexity index is 1460. The Balaban J connectivity index is 1.73. The largest absolute Gasteiger partial charge is 0.486 e. The summed E-state index contributed by atoms with van der Waals surface area (Å²) in [7, 11) is -4.16. The van der Waals surface area contributed by atoms with E-state index in [2.05, 4.69) is 5.32 Å². The molecule has 0 bridgehead atoms. The van der Waals surface area contributed by atoms with Gasteiger partial charge in [0.15, 0.2) is 11.5 Å². The Morgan fingerprint density at radius 2 is 1.60 bits per heavy atom. The zero-order valence-electron chi connectivity index (χ0n) is 23.2.